The number of aliphatic imine (C=N–C) groups is 1. The fourth-order valence-corrected chi connectivity index (χ4v) is 5.37. The van der Waals surface area contributed by atoms with E-state index in [2.05, 4.69) is 4.99 Å². The first-order valence-electron chi connectivity index (χ1n) is 12.3. The van der Waals surface area contributed by atoms with Gasteiger partial charge in [-0.2, -0.15) is 0 Å². The van der Waals surface area contributed by atoms with E-state index >= 15 is 0 Å². The van der Waals surface area contributed by atoms with E-state index in [1.807, 2.05) is 0 Å². The first-order chi connectivity index (χ1) is 19.6. The molecule has 0 radical (unpaired) electrons. The molecular weight excluding hydrogens is 567 g/mol. The summed E-state index contributed by atoms with van der Waals surface area (Å²) in [7, 11) is 0. The first kappa shape index (κ1) is 26.3. The van der Waals surface area contributed by atoms with E-state index in [0.717, 1.165) is 6.07 Å². The SMILES string of the molecule is O=C(O)c1cc(C(=O)O)c2cc(Cn3c(O)c4c(c3-c3ccc(Cl)cc3)C(=O)N=C4c3ccc(Cl)cc3)ccc2c1. The molecule has 5 aromatic rings. The molecule has 0 spiro atoms. The summed E-state index contributed by atoms with van der Waals surface area (Å²) < 4.78 is 1.57. The molecule has 0 bridgehead atoms. The van der Waals surface area contributed by atoms with Crippen molar-refractivity contribution in [3.05, 3.63) is 122 Å². The smallest absolute Gasteiger partial charge is 0.336 e. The Morgan fingerprint density at radius 2 is 1.41 bits per heavy atom. The van der Waals surface area contributed by atoms with Crippen LogP contribution in [0.25, 0.3) is 22.0 Å². The molecule has 0 atom stereocenters. The number of amides is 1. The van der Waals surface area contributed by atoms with Crippen LogP contribution in [0.4, 0.5) is 0 Å². The van der Waals surface area contributed by atoms with Crippen molar-refractivity contribution in [2.24, 2.45) is 4.99 Å². The van der Waals surface area contributed by atoms with Crippen molar-refractivity contribution in [1.29, 1.82) is 0 Å². The molecule has 8 nitrogen and oxygen atoms in total. The van der Waals surface area contributed by atoms with Gasteiger partial charge in [0.05, 0.1) is 40.2 Å². The van der Waals surface area contributed by atoms with Crippen LogP contribution in [0, 0.1) is 0 Å². The molecule has 0 saturated carbocycles. The Labute approximate surface area is 242 Å². The van der Waals surface area contributed by atoms with Gasteiger partial charge in [0.25, 0.3) is 5.91 Å². The zero-order valence-electron chi connectivity index (χ0n) is 20.9. The van der Waals surface area contributed by atoms with Crippen LogP contribution >= 0.6 is 23.2 Å². The second kappa shape index (κ2) is 9.92. The van der Waals surface area contributed by atoms with Crippen molar-refractivity contribution in [3.63, 3.8) is 0 Å². The van der Waals surface area contributed by atoms with E-state index < -0.39 is 17.8 Å². The molecule has 0 fully saturated rings. The Bertz CT molecular complexity index is 1960. The van der Waals surface area contributed by atoms with Crippen LogP contribution in [0.15, 0.2) is 83.9 Å². The van der Waals surface area contributed by atoms with Crippen LogP contribution < -0.4 is 0 Å². The highest BCUT2D eigenvalue weighted by Crippen LogP contribution is 2.42. The second-order valence-electron chi connectivity index (χ2n) is 9.48. The summed E-state index contributed by atoms with van der Waals surface area (Å²) in [6.45, 7) is 0.0631. The Hall–Kier alpha value is -4.92. The normalized spacial score (nSPS) is 12.4. The number of aromatic nitrogens is 1. The van der Waals surface area contributed by atoms with Gasteiger partial charge < -0.3 is 19.9 Å². The standard InChI is InChI=1S/C31H18Cl2N2O6/c32-20-7-3-16(4-8-20)26-24-25(28(36)34-26)27(17-5-9-21(33)10-6-17)35(29(24)37)14-15-1-2-18-12-19(30(38)39)13-23(31(40)41)22(18)11-15/h1-13,37H,14H2,(H,38,39)(H,40,41). The zero-order valence-corrected chi connectivity index (χ0v) is 22.4. The highest BCUT2D eigenvalue weighted by Gasteiger charge is 2.36. The number of aromatic hydroxyl groups is 1. The van der Waals surface area contributed by atoms with Crippen LogP contribution in [0.5, 0.6) is 5.88 Å². The number of halogens is 2. The molecule has 0 unspecified atom stereocenters. The Morgan fingerprint density at radius 1 is 0.780 bits per heavy atom. The highest BCUT2D eigenvalue weighted by atomic mass is 35.5. The van der Waals surface area contributed by atoms with E-state index in [0.29, 0.717) is 48.9 Å². The van der Waals surface area contributed by atoms with Gasteiger partial charge in [-0.25, -0.2) is 14.6 Å². The van der Waals surface area contributed by atoms with Crippen molar-refractivity contribution in [2.45, 2.75) is 6.54 Å². The van der Waals surface area contributed by atoms with Crippen LogP contribution in [-0.2, 0) is 6.54 Å². The van der Waals surface area contributed by atoms with Gasteiger partial charge in [0, 0.05) is 15.6 Å². The molecule has 4 aromatic carbocycles. The van der Waals surface area contributed by atoms with Crippen LogP contribution in [-0.4, -0.2) is 43.4 Å². The largest absolute Gasteiger partial charge is 0.494 e. The van der Waals surface area contributed by atoms with Gasteiger partial charge >= 0.3 is 11.9 Å². The maximum absolute atomic E-state index is 13.3. The van der Waals surface area contributed by atoms with E-state index in [4.69, 9.17) is 23.2 Å². The van der Waals surface area contributed by atoms with E-state index in [1.54, 1.807) is 71.3 Å². The van der Waals surface area contributed by atoms with Crippen molar-refractivity contribution in [2.75, 3.05) is 0 Å². The van der Waals surface area contributed by atoms with Crippen molar-refractivity contribution < 1.29 is 29.7 Å². The monoisotopic (exact) mass is 584 g/mol. The Balaban J connectivity index is 1.54. The van der Waals surface area contributed by atoms with Crippen LogP contribution in [0.3, 0.4) is 0 Å². The summed E-state index contributed by atoms with van der Waals surface area (Å²) >= 11 is 12.2. The van der Waals surface area contributed by atoms with E-state index in [-0.39, 0.29) is 34.7 Å². The number of aromatic carboxylic acids is 2. The third-order valence-corrected chi connectivity index (χ3v) is 7.48. The molecular formula is C31H18Cl2N2O6. The van der Waals surface area contributed by atoms with Gasteiger partial charge in [-0.1, -0.05) is 59.6 Å². The predicted molar refractivity (Wildman–Crippen MR) is 155 cm³/mol. The van der Waals surface area contributed by atoms with Gasteiger partial charge in [0.1, 0.15) is 0 Å². The Kier molecular flexibility index (Phi) is 6.37. The average molecular weight is 585 g/mol. The minimum atomic E-state index is -1.27. The average Bonchev–Trinajstić information content (AvgIpc) is 3.43. The van der Waals surface area contributed by atoms with Gasteiger partial charge in [0.15, 0.2) is 0 Å². The molecule has 6 rings (SSSR count). The third-order valence-electron chi connectivity index (χ3n) is 6.97. The molecule has 1 aliphatic rings. The number of hydrogen-bond acceptors (Lipinski definition) is 4. The third kappa shape index (κ3) is 4.53. The Morgan fingerprint density at radius 3 is 2.02 bits per heavy atom. The number of benzene rings is 4. The number of nitrogens with zero attached hydrogens (tertiary/aromatic N) is 2. The number of fused-ring (bicyclic) bond motifs is 2. The lowest BCUT2D eigenvalue weighted by Gasteiger charge is -2.14. The van der Waals surface area contributed by atoms with Gasteiger partial charge in [-0.3, -0.25) is 4.79 Å². The molecule has 3 N–H and O–H groups in total. The van der Waals surface area contributed by atoms with Crippen molar-refractivity contribution >= 4 is 57.5 Å². The molecule has 1 aromatic heterocycles. The lowest BCUT2D eigenvalue weighted by molar-refractivity contribution is 0.0696. The topological polar surface area (TPSA) is 129 Å². The number of carboxylic acid groups (broad SMARTS) is 2. The number of carbonyl (C=O) groups excluding carboxylic acids is 1. The molecule has 2 heterocycles. The summed E-state index contributed by atoms with van der Waals surface area (Å²) in [4.78, 5) is 41.1. The molecule has 0 aliphatic carbocycles. The van der Waals surface area contributed by atoms with Gasteiger partial charge in [0.2, 0.25) is 5.88 Å². The van der Waals surface area contributed by atoms with E-state index in [1.165, 1.54) is 6.07 Å². The molecule has 10 heteroatoms. The lowest BCUT2D eigenvalue weighted by Crippen LogP contribution is -2.07. The maximum atomic E-state index is 13.3. The predicted octanol–water partition coefficient (Wildman–Crippen LogP) is 6.76. The molecule has 202 valence electrons. The molecule has 41 heavy (non-hydrogen) atoms. The van der Waals surface area contributed by atoms with E-state index in [9.17, 15) is 29.7 Å². The van der Waals surface area contributed by atoms with Crippen molar-refractivity contribution in [1.82, 2.24) is 4.57 Å². The quantitative estimate of drug-likeness (QED) is 0.202. The van der Waals surface area contributed by atoms with Crippen LogP contribution in [0.1, 0.15) is 47.8 Å². The minimum absolute atomic E-state index is 0.0631. The summed E-state index contributed by atoms with van der Waals surface area (Å²) in [6, 6.07) is 21.1. The maximum Gasteiger partial charge on any atom is 0.336 e. The van der Waals surface area contributed by atoms with Crippen LogP contribution in [0.2, 0.25) is 10.0 Å². The van der Waals surface area contributed by atoms with Crippen molar-refractivity contribution in [3.8, 4) is 17.1 Å². The minimum Gasteiger partial charge on any atom is -0.494 e. The number of rotatable bonds is 6. The summed E-state index contributed by atoms with van der Waals surface area (Å²) in [5.74, 6) is -3.21. The zero-order chi connectivity index (χ0) is 29.0. The molecule has 1 aliphatic heterocycles. The summed E-state index contributed by atoms with van der Waals surface area (Å²) in [6.07, 6.45) is 0. The molecule has 0 saturated heterocycles. The first-order valence-corrected chi connectivity index (χ1v) is 13.0. The number of carboxylic acids is 2. The number of hydrogen-bond donors (Lipinski definition) is 3. The van der Waals surface area contributed by atoms with Gasteiger partial charge in [-0.05, 0) is 64.4 Å². The summed E-state index contributed by atoms with van der Waals surface area (Å²) in [5, 5.41) is 32.6. The lowest BCUT2D eigenvalue weighted by atomic mass is 9.98. The fourth-order valence-electron chi connectivity index (χ4n) is 5.12. The highest BCUT2D eigenvalue weighted by molar-refractivity contribution is 6.32. The van der Waals surface area contributed by atoms with Gasteiger partial charge in [-0.15, -0.1) is 0 Å². The number of carbonyl (C=O) groups is 3. The summed E-state index contributed by atoms with van der Waals surface area (Å²) in [5.41, 5.74) is 2.76. The second-order valence-corrected chi connectivity index (χ2v) is 10.4. The fraction of sp³-hybridized carbons (Fsp3) is 0.0323. The molecule has 1 amide bonds.